The number of aliphatic hydroxyl groups is 4. The topological polar surface area (TPSA) is 393 Å². The van der Waals surface area contributed by atoms with Crippen LogP contribution < -0.4 is 10.6 Å². The Balaban J connectivity index is 0.000000232. The maximum atomic E-state index is 11.9. The molecule has 4 unspecified atom stereocenters. The van der Waals surface area contributed by atoms with Crippen molar-refractivity contribution in [3.8, 4) is 0 Å². The van der Waals surface area contributed by atoms with E-state index in [1.54, 1.807) is 36.7 Å². The van der Waals surface area contributed by atoms with Crippen LogP contribution >= 0.6 is 42.0 Å². The van der Waals surface area contributed by atoms with Crippen LogP contribution in [0.3, 0.4) is 0 Å². The van der Waals surface area contributed by atoms with Crippen LogP contribution in [0.4, 0.5) is 11.6 Å². The molecule has 2 aliphatic heterocycles. The molecule has 12 N–H and O–H groups in total. The molecule has 2 saturated heterocycles. The van der Waals surface area contributed by atoms with Gasteiger partial charge in [0.05, 0.1) is 24.0 Å². The Kier molecular flexibility index (Phi) is 18.8. The van der Waals surface area contributed by atoms with Gasteiger partial charge >= 0.3 is 30.4 Å². The molecule has 26 nitrogen and oxygen atoms in total. The number of halogens is 1. The lowest BCUT2D eigenvalue weighted by Crippen LogP contribution is -2.33. The summed E-state index contributed by atoms with van der Waals surface area (Å²) in [6.45, 7) is 1.77. The van der Waals surface area contributed by atoms with E-state index < -0.39 is 104 Å². The van der Waals surface area contributed by atoms with Crippen molar-refractivity contribution in [3.05, 3.63) is 107 Å². The van der Waals surface area contributed by atoms with Gasteiger partial charge in [0.25, 0.3) is 0 Å². The summed E-state index contributed by atoms with van der Waals surface area (Å²) in [4.78, 5) is 72.0. The average molecular weight is 1110 g/mol. The van der Waals surface area contributed by atoms with Crippen LogP contribution in [0.1, 0.15) is 36.6 Å². The maximum absolute atomic E-state index is 11.9. The van der Waals surface area contributed by atoms with Crippen molar-refractivity contribution in [2.45, 2.75) is 76.4 Å². The van der Waals surface area contributed by atoms with Crippen molar-refractivity contribution in [2.24, 2.45) is 0 Å². The van der Waals surface area contributed by atoms with Gasteiger partial charge in [-0.3, -0.25) is 18.3 Å². The molecule has 31 heteroatoms. The minimum atomic E-state index is -4.81. The van der Waals surface area contributed by atoms with Gasteiger partial charge < -0.3 is 88.1 Å². The van der Waals surface area contributed by atoms with Gasteiger partial charge in [0.2, 0.25) is 0 Å². The second kappa shape index (κ2) is 23.6. The first-order valence-electron chi connectivity index (χ1n) is 21.3. The molecule has 10 atom stereocenters. The Bertz CT molecular complexity index is 2980. The maximum Gasteiger partial charge on any atom is 0.340 e. The summed E-state index contributed by atoms with van der Waals surface area (Å²) in [5, 5.41) is 50.2. The predicted octanol–water partition coefficient (Wildman–Crippen LogP) is 3.64. The lowest BCUT2D eigenvalue weighted by molar-refractivity contribution is -0.0481. The van der Waals surface area contributed by atoms with E-state index in [4.69, 9.17) is 49.7 Å². The lowest BCUT2D eigenvalue weighted by Gasteiger charge is -2.18. The molecule has 6 aromatic rings. The first-order valence-corrected chi connectivity index (χ1v) is 28.8. The van der Waals surface area contributed by atoms with E-state index in [2.05, 4.69) is 54.8 Å². The highest BCUT2D eigenvalue weighted by Gasteiger charge is 2.47. The Labute approximate surface area is 416 Å². The standard InChI is InChI=1S/C21H28N4O9P2.C19H23ClN4O9P2.CH4/c1-13-2-4-14(5-3-13)6-8-22-19-15-7-9-25(20(15)24-11-23-19)21-18(27)17(26)16(34-21)10-33-36(31,32)12-35(28,29)30;20-12-3-1-11(2-4-12)7-21-17-13-5-6-24(18(13)23-9-22-17)19-16(26)15(25)14(33-19)8-32-35(30,31)10-34(27,28)29;/h2-5,7,9,11,16-18,21,26-27H,6,8,10,12H2,1H3,(H,31,32)(H,22,23,24)(H2,28,29,30);1-6,9,14-16,19,25-26H,7-8,10H2,(H,30,31)(H,21,22,23)(H2,27,28,29);1H4/t16-,17?,18+,21-;14-,15?,16+,19-;/m11./s1. The van der Waals surface area contributed by atoms with Crippen LogP contribution in [0.25, 0.3) is 22.1 Å². The number of fused-ring (bicyclic) bond motifs is 2. The number of aryl methyl sites for hydroxylation is 1. The largest absolute Gasteiger partial charge is 0.387 e. The van der Waals surface area contributed by atoms with E-state index >= 15 is 0 Å². The van der Waals surface area contributed by atoms with Gasteiger partial charge in [0.15, 0.2) is 24.3 Å². The summed E-state index contributed by atoms with van der Waals surface area (Å²) in [5.41, 5.74) is 4.16. The summed E-state index contributed by atoms with van der Waals surface area (Å²) in [6.07, 6.45) is -3.89. The monoisotopic (exact) mass is 1110 g/mol. The Hall–Kier alpha value is -4.07. The van der Waals surface area contributed by atoms with Crippen LogP contribution in [0.15, 0.2) is 85.7 Å². The van der Waals surface area contributed by atoms with E-state index in [9.17, 15) is 48.5 Å². The average Bonchev–Trinajstić information content (AvgIpc) is 4.05. The zero-order chi connectivity index (χ0) is 51.5. The molecule has 8 rings (SSSR count). The number of rotatable bonds is 19. The van der Waals surface area contributed by atoms with Crippen molar-refractivity contribution < 1.29 is 86.6 Å². The number of aliphatic hydroxyl groups excluding tert-OH is 4. The van der Waals surface area contributed by atoms with Gasteiger partial charge in [-0.15, -0.1) is 0 Å². The molecule has 0 aliphatic carbocycles. The molecule has 0 radical (unpaired) electrons. The normalized spacial score (nSPS) is 24.0. The molecule has 6 heterocycles. The zero-order valence-electron chi connectivity index (χ0n) is 37.2. The lowest BCUT2D eigenvalue weighted by atomic mass is 10.1. The number of anilines is 2. The minimum Gasteiger partial charge on any atom is -0.387 e. The van der Waals surface area contributed by atoms with Crippen LogP contribution in [0.5, 0.6) is 0 Å². The van der Waals surface area contributed by atoms with Crippen molar-refractivity contribution in [3.63, 3.8) is 0 Å². The van der Waals surface area contributed by atoms with Gasteiger partial charge in [0, 0.05) is 30.5 Å². The van der Waals surface area contributed by atoms with Crippen molar-refractivity contribution in [1.82, 2.24) is 29.1 Å². The predicted molar refractivity (Wildman–Crippen MR) is 261 cm³/mol. The third-order valence-electron chi connectivity index (χ3n) is 11.0. The first kappa shape index (κ1) is 57.2. The highest BCUT2D eigenvalue weighted by Crippen LogP contribution is 2.56. The third-order valence-corrected chi connectivity index (χ3v) is 18.2. The molecular weight excluding hydrogens is 1050 g/mol. The fourth-order valence-corrected chi connectivity index (χ4v) is 12.9. The first-order chi connectivity index (χ1) is 33.4. The molecule has 2 fully saturated rings. The van der Waals surface area contributed by atoms with E-state index in [0.29, 0.717) is 51.8 Å². The zero-order valence-corrected chi connectivity index (χ0v) is 41.6. The Morgan fingerprint density at radius 3 is 1.49 bits per heavy atom. The summed E-state index contributed by atoms with van der Waals surface area (Å²) in [7, 11) is -18.9. The molecule has 4 aromatic heterocycles. The highest BCUT2D eigenvalue weighted by atomic mass is 35.5. The fourth-order valence-electron chi connectivity index (χ4n) is 7.62. The van der Waals surface area contributed by atoms with Crippen LogP contribution in [0.2, 0.25) is 5.02 Å². The highest BCUT2D eigenvalue weighted by molar-refractivity contribution is 7.70. The fraction of sp³-hybridized carbons (Fsp3) is 0.415. The molecular formula is C41H55ClN8O18P4. The van der Waals surface area contributed by atoms with E-state index in [-0.39, 0.29) is 7.43 Å². The molecule has 2 aliphatic rings. The molecule has 72 heavy (non-hydrogen) atoms. The number of aromatic nitrogens is 6. The van der Waals surface area contributed by atoms with Gasteiger partial charge in [-0.2, -0.15) is 0 Å². The van der Waals surface area contributed by atoms with Gasteiger partial charge in [-0.1, -0.05) is 61.0 Å². The quantitative estimate of drug-likeness (QED) is 0.0515. The van der Waals surface area contributed by atoms with E-state index in [1.165, 1.54) is 32.9 Å². The third kappa shape index (κ3) is 14.8. The molecule has 2 aromatic carbocycles. The SMILES string of the molecule is C.Cc1ccc(CCNc2ncnc3c2ccn3[C@@H]2O[C@H](COP(=O)(O)CP(=O)(O)O)C(O)[C@@H]2O)cc1.O=P(O)(O)CP(=O)(O)OC[C@H]1O[C@@H](n2ccc3c(NCc4ccc(Cl)cc4)ncnc32)[C@@H](O)C1O. The number of hydrogen-bond donors (Lipinski definition) is 12. The Morgan fingerprint density at radius 1 is 0.611 bits per heavy atom. The summed E-state index contributed by atoms with van der Waals surface area (Å²) in [5.74, 6) is -1.64. The van der Waals surface area contributed by atoms with Gasteiger partial charge in [0.1, 0.15) is 72.2 Å². The van der Waals surface area contributed by atoms with Crippen molar-refractivity contribution in [2.75, 3.05) is 42.2 Å². The van der Waals surface area contributed by atoms with Crippen LogP contribution in [-0.2, 0) is 49.7 Å². The number of nitrogens with zero attached hydrogens (tertiary/aromatic N) is 6. The Morgan fingerprint density at radius 2 is 1.04 bits per heavy atom. The number of benzene rings is 2. The van der Waals surface area contributed by atoms with Gasteiger partial charge in [-0.25, -0.2) is 19.9 Å². The number of nitrogens with one attached hydrogen (secondary N) is 2. The van der Waals surface area contributed by atoms with E-state index in [0.717, 1.165) is 12.0 Å². The number of hydrogen-bond acceptors (Lipinski definition) is 18. The summed E-state index contributed by atoms with van der Waals surface area (Å²) >= 11 is 5.91. The molecule has 0 bridgehead atoms. The summed E-state index contributed by atoms with van der Waals surface area (Å²) in [6, 6.07) is 19.0. The molecule has 394 valence electrons. The molecule has 0 spiro atoms. The smallest absolute Gasteiger partial charge is 0.340 e. The van der Waals surface area contributed by atoms with Crippen LogP contribution in [-0.4, -0.2) is 147 Å². The van der Waals surface area contributed by atoms with E-state index in [1.807, 2.05) is 19.1 Å². The minimum absolute atomic E-state index is 0. The van der Waals surface area contributed by atoms with Crippen molar-refractivity contribution in [1.29, 1.82) is 0 Å². The summed E-state index contributed by atoms with van der Waals surface area (Å²) < 4.78 is 69.6. The molecule has 0 amide bonds. The molecule has 0 saturated carbocycles. The van der Waals surface area contributed by atoms with Crippen molar-refractivity contribution >= 4 is 75.7 Å². The second-order valence-electron chi connectivity index (χ2n) is 16.6. The van der Waals surface area contributed by atoms with Crippen LogP contribution in [0, 0.1) is 6.92 Å². The second-order valence-corrected chi connectivity index (χ2v) is 25.0. The van der Waals surface area contributed by atoms with Gasteiger partial charge in [-0.05, 0) is 48.7 Å². The number of ether oxygens (including phenoxy) is 2.